The maximum absolute atomic E-state index is 12.6. The predicted octanol–water partition coefficient (Wildman–Crippen LogP) is 3.09. The summed E-state index contributed by atoms with van der Waals surface area (Å²) in [6.07, 6.45) is 0. The molecule has 7 heteroatoms. The van der Waals surface area contributed by atoms with E-state index in [2.05, 4.69) is 5.32 Å². The number of fused-ring (bicyclic) bond motifs is 1. The predicted molar refractivity (Wildman–Crippen MR) is 102 cm³/mol. The van der Waals surface area contributed by atoms with Gasteiger partial charge in [0.1, 0.15) is 5.75 Å². The standard InChI is InChI=1S/C20H22N2O5/c1-12(2)22-15-10-14(6-8-16(15)27-11-19(22)23)21-20(24)13-5-7-17(25-3)18(9-13)26-4/h5-10,12H,11H2,1-4H3,(H,21,24). The Hall–Kier alpha value is -3.22. The van der Waals surface area contributed by atoms with E-state index in [0.717, 1.165) is 0 Å². The molecule has 0 saturated carbocycles. The summed E-state index contributed by atoms with van der Waals surface area (Å²) < 4.78 is 15.9. The highest BCUT2D eigenvalue weighted by molar-refractivity contribution is 6.06. The van der Waals surface area contributed by atoms with Crippen molar-refractivity contribution in [2.75, 3.05) is 31.0 Å². The van der Waals surface area contributed by atoms with Crippen LogP contribution < -0.4 is 24.4 Å². The summed E-state index contributed by atoms with van der Waals surface area (Å²) in [6, 6.07) is 10.2. The molecule has 142 valence electrons. The highest BCUT2D eigenvalue weighted by Gasteiger charge is 2.28. The molecule has 7 nitrogen and oxygen atoms in total. The van der Waals surface area contributed by atoms with Gasteiger partial charge in [-0.1, -0.05) is 0 Å². The second-order valence-corrected chi connectivity index (χ2v) is 6.35. The van der Waals surface area contributed by atoms with Crippen LogP contribution in [-0.4, -0.2) is 38.7 Å². The SMILES string of the molecule is COc1ccc(C(=O)Nc2ccc3c(c2)N(C(C)C)C(=O)CO3)cc1OC. The van der Waals surface area contributed by atoms with E-state index < -0.39 is 0 Å². The molecule has 1 aliphatic rings. The zero-order chi connectivity index (χ0) is 19.6. The summed E-state index contributed by atoms with van der Waals surface area (Å²) in [5.41, 5.74) is 1.64. The van der Waals surface area contributed by atoms with Crippen molar-refractivity contribution in [2.45, 2.75) is 19.9 Å². The van der Waals surface area contributed by atoms with Crippen LogP contribution in [0.4, 0.5) is 11.4 Å². The van der Waals surface area contributed by atoms with Crippen molar-refractivity contribution in [1.82, 2.24) is 0 Å². The number of hydrogen-bond donors (Lipinski definition) is 1. The minimum Gasteiger partial charge on any atom is -0.493 e. The molecule has 0 fully saturated rings. The van der Waals surface area contributed by atoms with Crippen LogP contribution in [0.5, 0.6) is 17.2 Å². The molecule has 0 spiro atoms. The Morgan fingerprint density at radius 2 is 1.85 bits per heavy atom. The molecule has 0 saturated heterocycles. The molecule has 1 aliphatic heterocycles. The van der Waals surface area contributed by atoms with Crippen LogP contribution in [0.1, 0.15) is 24.2 Å². The van der Waals surface area contributed by atoms with Crippen molar-refractivity contribution in [1.29, 1.82) is 0 Å². The average molecular weight is 370 g/mol. The van der Waals surface area contributed by atoms with Gasteiger partial charge in [0.05, 0.1) is 19.9 Å². The van der Waals surface area contributed by atoms with Crippen molar-refractivity contribution in [3.8, 4) is 17.2 Å². The first-order valence-corrected chi connectivity index (χ1v) is 8.57. The lowest BCUT2D eigenvalue weighted by atomic mass is 10.1. The molecular formula is C20H22N2O5. The van der Waals surface area contributed by atoms with E-state index in [1.165, 1.54) is 14.2 Å². The highest BCUT2D eigenvalue weighted by atomic mass is 16.5. The third kappa shape index (κ3) is 3.67. The summed E-state index contributed by atoms with van der Waals surface area (Å²) >= 11 is 0. The maximum Gasteiger partial charge on any atom is 0.265 e. The van der Waals surface area contributed by atoms with Crippen LogP contribution >= 0.6 is 0 Å². The molecule has 1 heterocycles. The van der Waals surface area contributed by atoms with Crippen molar-refractivity contribution < 1.29 is 23.8 Å². The summed E-state index contributed by atoms with van der Waals surface area (Å²) in [6.45, 7) is 3.88. The largest absolute Gasteiger partial charge is 0.493 e. The number of amides is 2. The number of nitrogens with zero attached hydrogens (tertiary/aromatic N) is 1. The molecule has 1 N–H and O–H groups in total. The lowest BCUT2D eigenvalue weighted by Crippen LogP contribution is -2.43. The van der Waals surface area contributed by atoms with Gasteiger partial charge >= 0.3 is 0 Å². The van der Waals surface area contributed by atoms with Gasteiger partial charge in [0, 0.05) is 17.3 Å². The van der Waals surface area contributed by atoms with Crippen molar-refractivity contribution in [2.24, 2.45) is 0 Å². The zero-order valence-electron chi connectivity index (χ0n) is 15.7. The number of ether oxygens (including phenoxy) is 3. The van der Waals surface area contributed by atoms with E-state index in [1.54, 1.807) is 41.3 Å². The molecule has 0 unspecified atom stereocenters. The molecule has 0 bridgehead atoms. The minimum atomic E-state index is -0.296. The fourth-order valence-electron chi connectivity index (χ4n) is 3.00. The molecule has 2 amide bonds. The number of carbonyl (C=O) groups excluding carboxylic acids is 2. The van der Waals surface area contributed by atoms with Crippen LogP contribution in [0, 0.1) is 0 Å². The fraction of sp³-hybridized carbons (Fsp3) is 0.300. The number of benzene rings is 2. The van der Waals surface area contributed by atoms with Gasteiger partial charge in [-0.25, -0.2) is 0 Å². The molecule has 0 radical (unpaired) electrons. The summed E-state index contributed by atoms with van der Waals surface area (Å²) in [5.74, 6) is 1.23. The van der Waals surface area contributed by atoms with E-state index in [1.807, 2.05) is 13.8 Å². The first kappa shape index (κ1) is 18.6. The van der Waals surface area contributed by atoms with Gasteiger partial charge in [-0.15, -0.1) is 0 Å². The monoisotopic (exact) mass is 370 g/mol. The Labute approximate surface area is 157 Å². The maximum atomic E-state index is 12.6. The Morgan fingerprint density at radius 1 is 1.11 bits per heavy atom. The quantitative estimate of drug-likeness (QED) is 0.875. The molecule has 0 aromatic heterocycles. The van der Waals surface area contributed by atoms with Crippen molar-refractivity contribution in [3.63, 3.8) is 0 Å². The van der Waals surface area contributed by atoms with Crippen LogP contribution in [0.25, 0.3) is 0 Å². The van der Waals surface area contributed by atoms with Crippen molar-refractivity contribution >= 4 is 23.2 Å². The Morgan fingerprint density at radius 3 is 2.52 bits per heavy atom. The van der Waals surface area contributed by atoms with E-state index in [0.29, 0.717) is 34.2 Å². The van der Waals surface area contributed by atoms with E-state index in [4.69, 9.17) is 14.2 Å². The van der Waals surface area contributed by atoms with E-state index in [9.17, 15) is 9.59 Å². The molecule has 0 atom stereocenters. The second-order valence-electron chi connectivity index (χ2n) is 6.35. The Balaban J connectivity index is 1.86. The first-order chi connectivity index (χ1) is 12.9. The number of nitrogens with one attached hydrogen (secondary N) is 1. The molecule has 2 aromatic carbocycles. The average Bonchev–Trinajstić information content (AvgIpc) is 2.66. The molecule has 3 rings (SSSR count). The van der Waals surface area contributed by atoms with Gasteiger partial charge in [-0.3, -0.25) is 9.59 Å². The topological polar surface area (TPSA) is 77.1 Å². The number of rotatable bonds is 5. The lowest BCUT2D eigenvalue weighted by molar-refractivity contribution is -0.121. The number of hydrogen-bond acceptors (Lipinski definition) is 5. The van der Waals surface area contributed by atoms with Gasteiger partial charge < -0.3 is 24.4 Å². The summed E-state index contributed by atoms with van der Waals surface area (Å²) in [4.78, 5) is 26.5. The third-order valence-electron chi connectivity index (χ3n) is 4.26. The third-order valence-corrected chi connectivity index (χ3v) is 4.26. The number of anilines is 2. The van der Waals surface area contributed by atoms with Crippen LogP contribution in [-0.2, 0) is 4.79 Å². The Bertz CT molecular complexity index is 879. The summed E-state index contributed by atoms with van der Waals surface area (Å²) in [5, 5.41) is 2.84. The normalized spacial score (nSPS) is 13.1. The van der Waals surface area contributed by atoms with Gasteiger partial charge in [0.15, 0.2) is 18.1 Å². The van der Waals surface area contributed by atoms with E-state index in [-0.39, 0.29) is 24.5 Å². The van der Waals surface area contributed by atoms with Crippen LogP contribution in [0.3, 0.4) is 0 Å². The number of carbonyl (C=O) groups is 2. The van der Waals surface area contributed by atoms with Crippen LogP contribution in [0.15, 0.2) is 36.4 Å². The van der Waals surface area contributed by atoms with Crippen molar-refractivity contribution in [3.05, 3.63) is 42.0 Å². The minimum absolute atomic E-state index is 0.0164. The summed E-state index contributed by atoms with van der Waals surface area (Å²) in [7, 11) is 3.05. The molecule has 2 aromatic rings. The molecule has 0 aliphatic carbocycles. The highest BCUT2D eigenvalue weighted by Crippen LogP contribution is 2.36. The smallest absolute Gasteiger partial charge is 0.265 e. The second kappa shape index (κ2) is 7.57. The molecular weight excluding hydrogens is 348 g/mol. The number of methoxy groups -OCH3 is 2. The first-order valence-electron chi connectivity index (χ1n) is 8.57. The fourth-order valence-corrected chi connectivity index (χ4v) is 3.00. The van der Waals surface area contributed by atoms with E-state index >= 15 is 0 Å². The van der Waals surface area contributed by atoms with Gasteiger partial charge in [0.2, 0.25) is 0 Å². The zero-order valence-corrected chi connectivity index (χ0v) is 15.7. The lowest BCUT2D eigenvalue weighted by Gasteiger charge is -2.32. The van der Waals surface area contributed by atoms with Crippen LogP contribution in [0.2, 0.25) is 0 Å². The van der Waals surface area contributed by atoms with Gasteiger partial charge in [0.25, 0.3) is 11.8 Å². The Kier molecular flexibility index (Phi) is 5.21. The molecule has 27 heavy (non-hydrogen) atoms. The van der Waals surface area contributed by atoms with Gasteiger partial charge in [-0.2, -0.15) is 0 Å². The van der Waals surface area contributed by atoms with Gasteiger partial charge in [-0.05, 0) is 50.2 Å².